The quantitative estimate of drug-likeness (QED) is 0.484. The number of nitrogens with one attached hydrogen (secondary N) is 1. The molecule has 0 unspecified atom stereocenters. The number of carbonyl (C=O) groups excluding carboxylic acids is 2. The number of anilines is 1. The summed E-state index contributed by atoms with van der Waals surface area (Å²) in [7, 11) is 0. The lowest BCUT2D eigenvalue weighted by Crippen LogP contribution is -2.47. The predicted molar refractivity (Wildman–Crippen MR) is 87.0 cm³/mol. The molecule has 8 heteroatoms. The van der Waals surface area contributed by atoms with E-state index < -0.39 is 16.4 Å². The molecule has 0 bridgehead atoms. The highest BCUT2D eigenvalue weighted by atomic mass is 16.6. The second kappa shape index (κ2) is 7.08. The molecule has 0 aliphatic heterocycles. The van der Waals surface area contributed by atoms with Crippen LogP contribution >= 0.6 is 0 Å². The van der Waals surface area contributed by atoms with Crippen molar-refractivity contribution in [1.29, 1.82) is 0 Å². The minimum atomic E-state index is -0.644. The maximum absolute atomic E-state index is 12.4. The molecule has 0 aliphatic carbocycles. The van der Waals surface area contributed by atoms with Crippen LogP contribution in [0.2, 0.25) is 0 Å². The number of nitro benzene ring substituents is 1. The fourth-order valence-electron chi connectivity index (χ4n) is 1.98. The first kappa shape index (κ1) is 18.4. The second-order valence-corrected chi connectivity index (χ2v) is 6.15. The lowest BCUT2D eigenvalue weighted by atomic mass is 10.1. The SMILES string of the molecule is CCN(CC(=O)NC(C)(C)C)C(=O)c1ccc(N)c([N+](=O)[O-])c1. The van der Waals surface area contributed by atoms with Crippen molar-refractivity contribution in [1.82, 2.24) is 10.2 Å². The first-order valence-corrected chi connectivity index (χ1v) is 7.19. The van der Waals surface area contributed by atoms with Crippen molar-refractivity contribution < 1.29 is 14.5 Å². The zero-order valence-electron chi connectivity index (χ0n) is 13.8. The van der Waals surface area contributed by atoms with E-state index in [1.54, 1.807) is 6.92 Å². The van der Waals surface area contributed by atoms with Crippen molar-refractivity contribution >= 4 is 23.2 Å². The number of nitrogen functional groups attached to an aromatic ring is 1. The normalized spacial score (nSPS) is 11.0. The molecule has 0 fully saturated rings. The van der Waals surface area contributed by atoms with Crippen molar-refractivity contribution in [2.75, 3.05) is 18.8 Å². The summed E-state index contributed by atoms with van der Waals surface area (Å²) >= 11 is 0. The minimum absolute atomic E-state index is 0.0138. The lowest BCUT2D eigenvalue weighted by molar-refractivity contribution is -0.383. The molecule has 0 saturated heterocycles. The first-order valence-electron chi connectivity index (χ1n) is 7.19. The van der Waals surface area contributed by atoms with Crippen LogP contribution in [0, 0.1) is 10.1 Å². The molecule has 126 valence electrons. The van der Waals surface area contributed by atoms with Gasteiger partial charge in [0.1, 0.15) is 5.69 Å². The van der Waals surface area contributed by atoms with E-state index >= 15 is 0 Å². The molecule has 0 aromatic heterocycles. The van der Waals surface area contributed by atoms with Crippen LogP contribution in [0.15, 0.2) is 18.2 Å². The Hall–Kier alpha value is -2.64. The van der Waals surface area contributed by atoms with E-state index in [1.165, 1.54) is 17.0 Å². The number of rotatable bonds is 5. The number of likely N-dealkylation sites (N-methyl/N-ethyl adjacent to an activating group) is 1. The third kappa shape index (κ3) is 5.24. The van der Waals surface area contributed by atoms with Gasteiger partial charge in [0.25, 0.3) is 11.6 Å². The molecule has 8 nitrogen and oxygen atoms in total. The smallest absolute Gasteiger partial charge is 0.292 e. The maximum Gasteiger partial charge on any atom is 0.292 e. The van der Waals surface area contributed by atoms with Crippen LogP contribution < -0.4 is 11.1 Å². The van der Waals surface area contributed by atoms with E-state index in [-0.39, 0.29) is 29.4 Å². The standard InChI is InChI=1S/C15H22N4O4/c1-5-18(9-13(20)17-15(2,3)4)14(21)10-6-7-11(16)12(8-10)19(22)23/h6-8H,5,9,16H2,1-4H3,(H,17,20). The summed E-state index contributed by atoms with van der Waals surface area (Å²) in [6, 6.07) is 3.85. The molecule has 0 spiro atoms. The highest BCUT2D eigenvalue weighted by Crippen LogP contribution is 2.23. The van der Waals surface area contributed by atoms with Crippen molar-refractivity contribution in [2.24, 2.45) is 0 Å². The summed E-state index contributed by atoms with van der Waals surface area (Å²) in [4.78, 5) is 36.0. The maximum atomic E-state index is 12.4. The Morgan fingerprint density at radius 3 is 2.43 bits per heavy atom. The van der Waals surface area contributed by atoms with Gasteiger partial charge in [-0.3, -0.25) is 19.7 Å². The summed E-state index contributed by atoms with van der Waals surface area (Å²) in [5.41, 5.74) is 4.90. The Morgan fingerprint density at radius 2 is 1.96 bits per heavy atom. The Morgan fingerprint density at radius 1 is 1.35 bits per heavy atom. The van der Waals surface area contributed by atoms with Gasteiger partial charge in [-0.05, 0) is 39.8 Å². The zero-order chi connectivity index (χ0) is 17.8. The van der Waals surface area contributed by atoms with Gasteiger partial charge in [-0.15, -0.1) is 0 Å². The van der Waals surface area contributed by atoms with Gasteiger partial charge in [-0.2, -0.15) is 0 Å². The molecular weight excluding hydrogens is 300 g/mol. The van der Waals surface area contributed by atoms with Gasteiger partial charge in [-0.25, -0.2) is 0 Å². The number of nitro groups is 1. The monoisotopic (exact) mass is 322 g/mol. The molecule has 3 N–H and O–H groups in total. The molecule has 0 aliphatic rings. The molecule has 1 rings (SSSR count). The van der Waals surface area contributed by atoms with Gasteiger partial charge < -0.3 is 16.0 Å². The number of amides is 2. The van der Waals surface area contributed by atoms with Crippen LogP contribution in [0.3, 0.4) is 0 Å². The molecule has 1 aromatic carbocycles. The van der Waals surface area contributed by atoms with E-state index in [2.05, 4.69) is 5.32 Å². The Labute approximate surface area is 134 Å². The minimum Gasteiger partial charge on any atom is -0.393 e. The molecule has 2 amide bonds. The molecule has 23 heavy (non-hydrogen) atoms. The van der Waals surface area contributed by atoms with Crippen molar-refractivity contribution in [3.8, 4) is 0 Å². The van der Waals surface area contributed by atoms with E-state index in [0.717, 1.165) is 6.07 Å². The van der Waals surface area contributed by atoms with Crippen molar-refractivity contribution in [3.05, 3.63) is 33.9 Å². The van der Waals surface area contributed by atoms with Crippen molar-refractivity contribution in [3.63, 3.8) is 0 Å². The Kier molecular flexibility index (Phi) is 5.67. The van der Waals surface area contributed by atoms with Gasteiger partial charge in [0.2, 0.25) is 5.91 Å². The third-order valence-corrected chi connectivity index (χ3v) is 2.99. The summed E-state index contributed by atoms with van der Waals surface area (Å²) in [6.07, 6.45) is 0. The first-order chi connectivity index (χ1) is 10.5. The van der Waals surface area contributed by atoms with Crippen molar-refractivity contribution in [2.45, 2.75) is 33.2 Å². The second-order valence-electron chi connectivity index (χ2n) is 6.15. The third-order valence-electron chi connectivity index (χ3n) is 2.99. The van der Waals surface area contributed by atoms with Crippen LogP contribution in [0.5, 0.6) is 0 Å². The van der Waals surface area contributed by atoms with Gasteiger partial charge in [0.05, 0.1) is 11.5 Å². The summed E-state index contributed by atoms with van der Waals surface area (Å²) in [5.74, 6) is -0.752. The fraction of sp³-hybridized carbons (Fsp3) is 0.467. The van der Waals surface area contributed by atoms with Crippen LogP contribution in [0.1, 0.15) is 38.1 Å². The zero-order valence-corrected chi connectivity index (χ0v) is 13.8. The number of nitrogens with zero attached hydrogens (tertiary/aromatic N) is 2. The van der Waals surface area contributed by atoms with Gasteiger partial charge in [0.15, 0.2) is 0 Å². The van der Waals surface area contributed by atoms with E-state index in [0.29, 0.717) is 6.54 Å². The fourth-order valence-corrected chi connectivity index (χ4v) is 1.98. The highest BCUT2D eigenvalue weighted by Gasteiger charge is 2.22. The van der Waals surface area contributed by atoms with Crippen LogP contribution in [0.4, 0.5) is 11.4 Å². The Bertz CT molecular complexity index is 622. The number of benzene rings is 1. The van der Waals surface area contributed by atoms with Gasteiger partial charge in [0, 0.05) is 23.7 Å². The van der Waals surface area contributed by atoms with Gasteiger partial charge >= 0.3 is 0 Å². The summed E-state index contributed by atoms with van der Waals surface area (Å²) in [5, 5.41) is 13.7. The molecule has 0 atom stereocenters. The van der Waals surface area contributed by atoms with E-state index in [1.807, 2.05) is 20.8 Å². The predicted octanol–water partition coefficient (Wildman–Crippen LogP) is 1.55. The number of carbonyl (C=O) groups is 2. The molecule has 0 saturated carbocycles. The number of hydrogen-bond acceptors (Lipinski definition) is 5. The molecule has 0 heterocycles. The highest BCUT2D eigenvalue weighted by molar-refractivity contribution is 5.97. The molecule has 1 aromatic rings. The average Bonchev–Trinajstić information content (AvgIpc) is 2.42. The average molecular weight is 322 g/mol. The van der Waals surface area contributed by atoms with E-state index in [4.69, 9.17) is 5.73 Å². The summed E-state index contributed by atoms with van der Waals surface area (Å²) in [6.45, 7) is 7.43. The number of nitrogens with two attached hydrogens (primary N) is 1. The molecular formula is C15H22N4O4. The summed E-state index contributed by atoms with van der Waals surface area (Å²) < 4.78 is 0. The topological polar surface area (TPSA) is 119 Å². The largest absolute Gasteiger partial charge is 0.393 e. The number of hydrogen-bond donors (Lipinski definition) is 2. The Balaban J connectivity index is 2.95. The van der Waals surface area contributed by atoms with Crippen LogP contribution in [-0.2, 0) is 4.79 Å². The van der Waals surface area contributed by atoms with Crippen LogP contribution in [0.25, 0.3) is 0 Å². The van der Waals surface area contributed by atoms with Crippen LogP contribution in [-0.4, -0.2) is 40.3 Å². The molecule has 0 radical (unpaired) electrons. The van der Waals surface area contributed by atoms with E-state index in [9.17, 15) is 19.7 Å². The lowest BCUT2D eigenvalue weighted by Gasteiger charge is -2.25. The van der Waals surface area contributed by atoms with Gasteiger partial charge in [-0.1, -0.05) is 0 Å².